The second-order valence-corrected chi connectivity index (χ2v) is 9.14. The van der Waals surface area contributed by atoms with E-state index < -0.39 is 23.8 Å². The van der Waals surface area contributed by atoms with Crippen LogP contribution in [0.1, 0.15) is 37.3 Å². The minimum atomic E-state index is -1.16. The third-order valence-electron chi connectivity index (χ3n) is 5.97. The van der Waals surface area contributed by atoms with Crippen molar-refractivity contribution in [1.82, 2.24) is 9.69 Å². The summed E-state index contributed by atoms with van der Waals surface area (Å²) in [4.78, 5) is 41.2. The van der Waals surface area contributed by atoms with Crippen molar-refractivity contribution >= 4 is 40.6 Å². The van der Waals surface area contributed by atoms with Crippen LogP contribution < -0.4 is 31.2 Å². The van der Waals surface area contributed by atoms with Crippen molar-refractivity contribution in [3.05, 3.63) is 101 Å². The van der Waals surface area contributed by atoms with Crippen LogP contribution in [-0.4, -0.2) is 36.3 Å². The van der Waals surface area contributed by atoms with Crippen LogP contribution in [0.5, 0.6) is 11.5 Å². The van der Waals surface area contributed by atoms with Gasteiger partial charge < -0.3 is 26.3 Å². The average molecular weight is 546 g/mol. The number of carbonyl (C=O) groups is 3. The highest BCUT2D eigenvalue weighted by Crippen LogP contribution is 2.38. The first-order valence-corrected chi connectivity index (χ1v) is 12.6. The number of methoxy groups -OCH3 is 2. The summed E-state index contributed by atoms with van der Waals surface area (Å²) in [5.74, 6) is -1.05. The van der Waals surface area contributed by atoms with E-state index in [0.29, 0.717) is 22.7 Å². The van der Waals surface area contributed by atoms with Gasteiger partial charge in [0, 0.05) is 6.54 Å². The molecule has 200 valence electrons. The van der Waals surface area contributed by atoms with Gasteiger partial charge in [0.2, 0.25) is 5.91 Å². The van der Waals surface area contributed by atoms with Crippen LogP contribution in [0.15, 0.2) is 78.9 Å². The number of nitrogens with two attached hydrogens (primary N) is 2. The van der Waals surface area contributed by atoms with E-state index in [4.69, 9.17) is 20.9 Å². The first-order valence-electron chi connectivity index (χ1n) is 11.8. The smallest absolute Gasteiger partial charge is 0.273 e. The Morgan fingerprint density at radius 2 is 1.62 bits per heavy atom. The van der Waals surface area contributed by atoms with Crippen molar-refractivity contribution in [2.24, 2.45) is 5.73 Å². The SMILES string of the molecule is COc1ccc([C@@H](C(=O)NCc2ccccc2)N(C(=O)c2snc(C(N)=O)c2N)c2ccccc2OC)cc1. The number of anilines is 2. The molecule has 10 nitrogen and oxygen atoms in total. The topological polar surface area (TPSA) is 150 Å². The van der Waals surface area contributed by atoms with Gasteiger partial charge >= 0.3 is 0 Å². The molecule has 0 aliphatic rings. The van der Waals surface area contributed by atoms with E-state index in [0.717, 1.165) is 17.1 Å². The van der Waals surface area contributed by atoms with Crippen LogP contribution in [0.4, 0.5) is 11.4 Å². The predicted molar refractivity (Wildman–Crippen MR) is 149 cm³/mol. The molecule has 0 fully saturated rings. The number of ether oxygens (including phenoxy) is 2. The number of benzene rings is 3. The fourth-order valence-electron chi connectivity index (χ4n) is 4.02. The standard InChI is InChI=1S/C28H27N5O5S/c1-37-19-14-12-18(13-15-19)24(27(35)31-16-17-8-4-3-5-9-17)33(20-10-6-7-11-21(20)38-2)28(36)25-22(29)23(26(30)34)32-39-25/h3-15,24H,16,29H2,1-2H3,(H2,30,34)(H,31,35)/t24-/m0/s1. The van der Waals surface area contributed by atoms with Gasteiger partial charge in [-0.3, -0.25) is 19.3 Å². The monoisotopic (exact) mass is 545 g/mol. The summed E-state index contributed by atoms with van der Waals surface area (Å²) in [7, 11) is 3.00. The van der Waals surface area contributed by atoms with Crippen LogP contribution >= 0.6 is 11.5 Å². The zero-order valence-corrected chi connectivity index (χ0v) is 22.1. The Morgan fingerprint density at radius 3 is 2.23 bits per heavy atom. The molecule has 3 amide bonds. The molecule has 3 aromatic carbocycles. The normalized spacial score (nSPS) is 11.3. The lowest BCUT2D eigenvalue weighted by atomic mass is 10.0. The van der Waals surface area contributed by atoms with Gasteiger partial charge in [0.05, 0.1) is 25.6 Å². The maximum atomic E-state index is 14.2. The van der Waals surface area contributed by atoms with E-state index in [1.807, 2.05) is 30.3 Å². The fraction of sp³-hybridized carbons (Fsp3) is 0.143. The van der Waals surface area contributed by atoms with E-state index in [1.54, 1.807) is 48.5 Å². The van der Waals surface area contributed by atoms with Crippen molar-refractivity contribution < 1.29 is 23.9 Å². The van der Waals surface area contributed by atoms with Gasteiger partial charge in [-0.15, -0.1) is 0 Å². The number of para-hydroxylation sites is 2. The minimum Gasteiger partial charge on any atom is -0.497 e. The Labute approximate surface area is 229 Å². The maximum Gasteiger partial charge on any atom is 0.273 e. The van der Waals surface area contributed by atoms with Crippen LogP contribution in [-0.2, 0) is 11.3 Å². The molecule has 0 unspecified atom stereocenters. The Bertz CT molecular complexity index is 1470. The molecule has 0 spiro atoms. The second-order valence-electron chi connectivity index (χ2n) is 8.36. The van der Waals surface area contributed by atoms with Gasteiger partial charge in [-0.25, -0.2) is 0 Å². The first kappa shape index (κ1) is 27.1. The molecule has 0 saturated carbocycles. The van der Waals surface area contributed by atoms with Gasteiger partial charge in [0.15, 0.2) is 5.69 Å². The number of nitrogens with one attached hydrogen (secondary N) is 1. The molecule has 39 heavy (non-hydrogen) atoms. The number of rotatable bonds is 10. The van der Waals surface area contributed by atoms with Crippen molar-refractivity contribution in [3.8, 4) is 11.5 Å². The van der Waals surface area contributed by atoms with Crippen LogP contribution in [0.3, 0.4) is 0 Å². The molecular formula is C28H27N5O5S. The largest absolute Gasteiger partial charge is 0.497 e. The van der Waals surface area contributed by atoms with E-state index in [-0.39, 0.29) is 22.8 Å². The quantitative estimate of drug-likeness (QED) is 0.276. The highest BCUT2D eigenvalue weighted by Gasteiger charge is 2.37. The van der Waals surface area contributed by atoms with E-state index >= 15 is 0 Å². The fourth-order valence-corrected chi connectivity index (χ4v) is 4.76. The van der Waals surface area contributed by atoms with Gasteiger partial charge in [0.25, 0.3) is 11.8 Å². The molecule has 0 aliphatic carbocycles. The number of carbonyl (C=O) groups excluding carboxylic acids is 3. The summed E-state index contributed by atoms with van der Waals surface area (Å²) in [6.45, 7) is 0.231. The Morgan fingerprint density at radius 1 is 0.949 bits per heavy atom. The number of hydrogen-bond donors (Lipinski definition) is 3. The molecule has 11 heteroatoms. The van der Waals surface area contributed by atoms with Gasteiger partial charge in [-0.05, 0) is 46.9 Å². The highest BCUT2D eigenvalue weighted by atomic mass is 32.1. The van der Waals surface area contributed by atoms with E-state index in [1.165, 1.54) is 19.1 Å². The van der Waals surface area contributed by atoms with Crippen molar-refractivity contribution in [2.45, 2.75) is 12.6 Å². The Balaban J connectivity index is 1.86. The van der Waals surface area contributed by atoms with Crippen LogP contribution in [0, 0.1) is 0 Å². The molecule has 5 N–H and O–H groups in total. The van der Waals surface area contributed by atoms with Gasteiger partial charge in [-0.2, -0.15) is 4.37 Å². The van der Waals surface area contributed by atoms with Crippen molar-refractivity contribution in [2.75, 3.05) is 24.9 Å². The lowest BCUT2D eigenvalue weighted by Gasteiger charge is -2.32. The number of hydrogen-bond acceptors (Lipinski definition) is 8. The summed E-state index contributed by atoms with van der Waals surface area (Å²) >= 11 is 0.730. The number of nitrogens with zero attached hydrogens (tertiary/aromatic N) is 2. The Hall–Kier alpha value is -4.90. The third kappa shape index (κ3) is 5.83. The maximum absolute atomic E-state index is 14.2. The molecule has 1 aromatic heterocycles. The molecule has 0 aliphatic heterocycles. The first-order chi connectivity index (χ1) is 18.8. The van der Waals surface area contributed by atoms with E-state index in [9.17, 15) is 14.4 Å². The molecule has 0 radical (unpaired) electrons. The number of primary amides is 1. The summed E-state index contributed by atoms with van der Waals surface area (Å²) in [5.41, 5.74) is 12.8. The van der Waals surface area contributed by atoms with Crippen molar-refractivity contribution in [1.29, 1.82) is 0 Å². The lowest BCUT2D eigenvalue weighted by molar-refractivity contribution is -0.122. The third-order valence-corrected chi connectivity index (χ3v) is 6.82. The predicted octanol–water partition coefficient (Wildman–Crippen LogP) is 3.55. The number of amides is 3. The summed E-state index contributed by atoms with van der Waals surface area (Å²) < 4.78 is 14.8. The van der Waals surface area contributed by atoms with Crippen LogP contribution in [0.2, 0.25) is 0 Å². The van der Waals surface area contributed by atoms with E-state index in [2.05, 4.69) is 9.69 Å². The van der Waals surface area contributed by atoms with Gasteiger partial charge in [-0.1, -0.05) is 54.6 Å². The summed E-state index contributed by atoms with van der Waals surface area (Å²) in [5, 5.41) is 2.94. The minimum absolute atomic E-state index is 0.0379. The Kier molecular flexibility index (Phi) is 8.42. The molecule has 1 atom stereocenters. The number of nitrogen functional groups attached to an aromatic ring is 1. The molecule has 4 aromatic rings. The second kappa shape index (κ2) is 12.1. The summed E-state index contributed by atoms with van der Waals surface area (Å²) in [6, 6.07) is 21.8. The molecule has 0 bridgehead atoms. The summed E-state index contributed by atoms with van der Waals surface area (Å²) in [6.07, 6.45) is 0. The number of aromatic nitrogens is 1. The average Bonchev–Trinajstić information content (AvgIpc) is 3.36. The lowest BCUT2D eigenvalue weighted by Crippen LogP contribution is -2.44. The zero-order chi connectivity index (χ0) is 27.9. The van der Waals surface area contributed by atoms with Crippen LogP contribution in [0.25, 0.3) is 0 Å². The highest BCUT2D eigenvalue weighted by molar-refractivity contribution is 7.09. The van der Waals surface area contributed by atoms with Gasteiger partial charge in [0.1, 0.15) is 22.4 Å². The molecule has 1 heterocycles. The zero-order valence-electron chi connectivity index (χ0n) is 21.3. The molecular weight excluding hydrogens is 518 g/mol. The molecule has 4 rings (SSSR count). The molecule has 0 saturated heterocycles. The van der Waals surface area contributed by atoms with Crippen molar-refractivity contribution in [3.63, 3.8) is 0 Å².